The Morgan fingerprint density at radius 2 is 1.88 bits per heavy atom. The van der Waals surface area contributed by atoms with Crippen LogP contribution in [0.1, 0.15) is 10.4 Å². The van der Waals surface area contributed by atoms with Gasteiger partial charge in [0.1, 0.15) is 11.5 Å². The van der Waals surface area contributed by atoms with Crippen LogP contribution in [-0.2, 0) is 4.79 Å². The third-order valence-electron chi connectivity index (χ3n) is 2.08. The number of carbonyl (C=O) groups excluding carboxylic acids is 2. The quantitative estimate of drug-likeness (QED) is 0.600. The molecule has 5 heteroatoms. The predicted octanol–water partition coefficient (Wildman–Crippen LogP) is 0.632. The topological polar surface area (TPSA) is 64.6 Å². The van der Waals surface area contributed by atoms with Gasteiger partial charge in [-0.05, 0) is 18.2 Å². The molecule has 1 N–H and O–H groups in total. The molecular formula is C11H13NO4. The highest BCUT2D eigenvalue weighted by Crippen LogP contribution is 2.24. The van der Waals surface area contributed by atoms with Crippen LogP contribution in [-0.4, -0.2) is 33.0 Å². The van der Waals surface area contributed by atoms with Gasteiger partial charge >= 0.3 is 0 Å². The number of likely N-dealkylation sites (N-methyl/N-ethyl adjacent to an activating group) is 1. The lowest BCUT2D eigenvalue weighted by atomic mass is 10.1. The molecule has 0 aliphatic rings. The lowest BCUT2D eigenvalue weighted by molar-refractivity contribution is -0.116. The second-order valence-electron chi connectivity index (χ2n) is 2.97. The van der Waals surface area contributed by atoms with Gasteiger partial charge in [0, 0.05) is 7.05 Å². The number of carbonyl (C=O) groups is 2. The molecule has 0 fully saturated rings. The molecule has 0 heterocycles. The Morgan fingerprint density at radius 1 is 1.19 bits per heavy atom. The van der Waals surface area contributed by atoms with Crippen molar-refractivity contribution in [3.8, 4) is 11.5 Å². The van der Waals surface area contributed by atoms with Gasteiger partial charge < -0.3 is 14.8 Å². The van der Waals surface area contributed by atoms with Gasteiger partial charge in [-0.15, -0.1) is 0 Å². The summed E-state index contributed by atoms with van der Waals surface area (Å²) in [6, 6.07) is 4.70. The van der Waals surface area contributed by atoms with E-state index in [2.05, 4.69) is 5.32 Å². The van der Waals surface area contributed by atoms with Crippen molar-refractivity contribution in [2.45, 2.75) is 0 Å². The second-order valence-corrected chi connectivity index (χ2v) is 2.97. The Balaban J connectivity index is 3.18. The van der Waals surface area contributed by atoms with E-state index >= 15 is 0 Å². The van der Waals surface area contributed by atoms with Crippen molar-refractivity contribution in [3.05, 3.63) is 23.8 Å². The van der Waals surface area contributed by atoms with E-state index in [4.69, 9.17) is 9.47 Å². The van der Waals surface area contributed by atoms with Crippen molar-refractivity contribution in [2.75, 3.05) is 21.3 Å². The molecule has 86 valence electrons. The molecule has 1 rings (SSSR count). The summed E-state index contributed by atoms with van der Waals surface area (Å²) in [5.74, 6) is -0.507. The lowest BCUT2D eigenvalue weighted by Gasteiger charge is -2.08. The van der Waals surface area contributed by atoms with Crippen molar-refractivity contribution in [1.82, 2.24) is 5.32 Å². The van der Waals surface area contributed by atoms with Crippen molar-refractivity contribution < 1.29 is 19.1 Å². The second kappa shape index (κ2) is 5.16. The summed E-state index contributed by atoms with van der Waals surface area (Å²) in [5.41, 5.74) is 0.182. The number of methoxy groups -OCH3 is 2. The summed E-state index contributed by atoms with van der Waals surface area (Å²) in [6.07, 6.45) is 0. The molecule has 0 spiro atoms. The number of ketones is 1. The third-order valence-corrected chi connectivity index (χ3v) is 2.08. The van der Waals surface area contributed by atoms with Gasteiger partial charge in [-0.1, -0.05) is 0 Å². The van der Waals surface area contributed by atoms with E-state index in [1.165, 1.54) is 27.3 Å². The van der Waals surface area contributed by atoms with E-state index < -0.39 is 11.7 Å². The smallest absolute Gasteiger partial charge is 0.292 e. The summed E-state index contributed by atoms with van der Waals surface area (Å²) in [6.45, 7) is 0. The van der Waals surface area contributed by atoms with E-state index in [1.807, 2.05) is 0 Å². The van der Waals surface area contributed by atoms with Gasteiger partial charge in [-0.2, -0.15) is 0 Å². The maximum atomic E-state index is 11.7. The highest BCUT2D eigenvalue weighted by atomic mass is 16.5. The van der Waals surface area contributed by atoms with Crippen molar-refractivity contribution >= 4 is 11.7 Å². The minimum atomic E-state index is -0.688. The van der Waals surface area contributed by atoms with Crippen LogP contribution in [0.2, 0.25) is 0 Å². The first-order valence-electron chi connectivity index (χ1n) is 4.62. The molecule has 16 heavy (non-hydrogen) atoms. The number of hydrogen-bond donors (Lipinski definition) is 1. The van der Waals surface area contributed by atoms with Gasteiger partial charge in [0.05, 0.1) is 19.8 Å². The molecule has 0 unspecified atom stereocenters. The van der Waals surface area contributed by atoms with Crippen molar-refractivity contribution in [3.63, 3.8) is 0 Å². The molecule has 5 nitrogen and oxygen atoms in total. The number of nitrogens with one attached hydrogen (secondary N) is 1. The Morgan fingerprint density at radius 3 is 2.38 bits per heavy atom. The predicted molar refractivity (Wildman–Crippen MR) is 57.9 cm³/mol. The van der Waals surface area contributed by atoms with Crippen LogP contribution in [0.5, 0.6) is 11.5 Å². The first-order valence-corrected chi connectivity index (χ1v) is 4.62. The lowest BCUT2D eigenvalue weighted by Crippen LogP contribution is -2.27. The zero-order valence-corrected chi connectivity index (χ0v) is 9.37. The van der Waals surface area contributed by atoms with Gasteiger partial charge in [-0.25, -0.2) is 0 Å². The summed E-state index contributed by atoms with van der Waals surface area (Å²) in [7, 11) is 4.31. The summed E-state index contributed by atoms with van der Waals surface area (Å²) < 4.78 is 9.98. The number of rotatable bonds is 4. The molecule has 0 bridgehead atoms. The highest BCUT2D eigenvalue weighted by Gasteiger charge is 2.19. The molecule has 1 aromatic rings. The molecule has 0 aliphatic carbocycles. The monoisotopic (exact) mass is 223 g/mol. The average Bonchev–Trinajstić information content (AvgIpc) is 2.35. The van der Waals surface area contributed by atoms with Gasteiger partial charge in [-0.3, -0.25) is 9.59 Å². The molecule has 0 saturated carbocycles. The molecule has 0 aliphatic heterocycles. The first-order chi connectivity index (χ1) is 7.63. The maximum Gasteiger partial charge on any atom is 0.292 e. The Labute approximate surface area is 93.4 Å². The van der Waals surface area contributed by atoms with Crippen molar-refractivity contribution in [1.29, 1.82) is 0 Å². The fourth-order valence-electron chi connectivity index (χ4n) is 1.23. The van der Waals surface area contributed by atoms with Gasteiger partial charge in [0.2, 0.25) is 0 Å². The van der Waals surface area contributed by atoms with E-state index in [1.54, 1.807) is 12.1 Å². The average molecular weight is 223 g/mol. The number of hydrogen-bond acceptors (Lipinski definition) is 4. The fraction of sp³-hybridized carbons (Fsp3) is 0.273. The Kier molecular flexibility index (Phi) is 3.88. The minimum Gasteiger partial charge on any atom is -0.497 e. The molecule has 0 radical (unpaired) electrons. The van der Waals surface area contributed by atoms with E-state index in [0.29, 0.717) is 11.5 Å². The Hall–Kier alpha value is -2.04. The van der Waals surface area contributed by atoms with Crippen LogP contribution in [0.3, 0.4) is 0 Å². The minimum absolute atomic E-state index is 0.182. The van der Waals surface area contributed by atoms with Gasteiger partial charge in [0.25, 0.3) is 11.7 Å². The zero-order chi connectivity index (χ0) is 12.1. The van der Waals surface area contributed by atoms with Crippen molar-refractivity contribution in [2.24, 2.45) is 0 Å². The first kappa shape index (κ1) is 12.0. The number of amides is 1. The van der Waals surface area contributed by atoms with E-state index in [-0.39, 0.29) is 5.56 Å². The summed E-state index contributed by atoms with van der Waals surface area (Å²) in [5, 5.41) is 2.27. The molecule has 0 saturated heterocycles. The zero-order valence-electron chi connectivity index (χ0n) is 9.37. The molecule has 0 atom stereocenters. The third kappa shape index (κ3) is 2.31. The molecule has 0 aromatic heterocycles. The highest BCUT2D eigenvalue weighted by molar-refractivity contribution is 6.43. The van der Waals surface area contributed by atoms with Crippen LogP contribution >= 0.6 is 0 Å². The summed E-state index contributed by atoms with van der Waals surface area (Å²) >= 11 is 0. The number of Topliss-reactive ketones (excluding diaryl/α,β-unsaturated/α-hetero) is 1. The molecular weight excluding hydrogens is 210 g/mol. The SMILES string of the molecule is CNC(=O)C(=O)c1cc(OC)ccc1OC. The summed E-state index contributed by atoms with van der Waals surface area (Å²) in [4.78, 5) is 22.9. The van der Waals surface area contributed by atoms with Gasteiger partial charge in [0.15, 0.2) is 0 Å². The number of benzene rings is 1. The fourth-order valence-corrected chi connectivity index (χ4v) is 1.23. The van der Waals surface area contributed by atoms with Crippen LogP contribution in [0.15, 0.2) is 18.2 Å². The maximum absolute atomic E-state index is 11.7. The normalized spacial score (nSPS) is 9.44. The standard InChI is InChI=1S/C11H13NO4/c1-12-11(14)10(13)8-6-7(15-2)4-5-9(8)16-3/h4-6H,1-3H3,(H,12,14). The Bertz CT molecular complexity index is 414. The van der Waals surface area contributed by atoms with Crippen LogP contribution in [0, 0.1) is 0 Å². The largest absolute Gasteiger partial charge is 0.497 e. The van der Waals surface area contributed by atoms with E-state index in [9.17, 15) is 9.59 Å². The van der Waals surface area contributed by atoms with Crippen LogP contribution in [0.4, 0.5) is 0 Å². The van der Waals surface area contributed by atoms with Crippen LogP contribution in [0.25, 0.3) is 0 Å². The molecule has 1 amide bonds. The molecule has 1 aromatic carbocycles. The number of ether oxygens (including phenoxy) is 2. The van der Waals surface area contributed by atoms with E-state index in [0.717, 1.165) is 0 Å². The van der Waals surface area contributed by atoms with Crippen LogP contribution < -0.4 is 14.8 Å².